The van der Waals surface area contributed by atoms with Crippen LogP contribution in [0.5, 0.6) is 5.75 Å². The lowest BCUT2D eigenvalue weighted by Crippen LogP contribution is -2.26. The van der Waals surface area contributed by atoms with Gasteiger partial charge in [0.2, 0.25) is 0 Å². The number of nitrogens with zero attached hydrogens (tertiary/aromatic N) is 1. The molecule has 5 heteroatoms. The normalized spacial score (nSPS) is 10.3. The fourth-order valence-corrected chi connectivity index (χ4v) is 1.95. The van der Waals surface area contributed by atoms with Gasteiger partial charge in [0.25, 0.3) is 5.91 Å². The second-order valence-electron chi connectivity index (χ2n) is 3.90. The van der Waals surface area contributed by atoms with Crippen LogP contribution in [0.4, 0.5) is 0 Å². The van der Waals surface area contributed by atoms with Gasteiger partial charge in [0.15, 0.2) is 0 Å². The highest BCUT2D eigenvalue weighted by Crippen LogP contribution is 2.23. The zero-order chi connectivity index (χ0) is 13.1. The maximum absolute atomic E-state index is 12.1. The van der Waals surface area contributed by atoms with E-state index in [0.717, 1.165) is 4.47 Å². The van der Waals surface area contributed by atoms with E-state index in [0.29, 0.717) is 12.3 Å². The van der Waals surface area contributed by atoms with Gasteiger partial charge in [-0.1, -0.05) is 15.9 Å². The third kappa shape index (κ3) is 2.73. The summed E-state index contributed by atoms with van der Waals surface area (Å²) in [6, 6.07) is 8.36. The monoisotopic (exact) mass is 309 g/mol. The van der Waals surface area contributed by atoms with E-state index in [-0.39, 0.29) is 17.2 Å². The number of phenols is 1. The summed E-state index contributed by atoms with van der Waals surface area (Å²) >= 11 is 3.23. The molecule has 1 aromatic carbocycles. The fraction of sp³-hybridized carbons (Fsp3) is 0.154. The van der Waals surface area contributed by atoms with E-state index in [1.807, 2.05) is 0 Å². The van der Waals surface area contributed by atoms with Gasteiger partial charge in [-0.15, -0.1) is 0 Å². The zero-order valence-electron chi connectivity index (χ0n) is 9.76. The minimum atomic E-state index is -0.253. The summed E-state index contributed by atoms with van der Waals surface area (Å²) < 4.78 is 5.90. The highest BCUT2D eigenvalue weighted by atomic mass is 79.9. The van der Waals surface area contributed by atoms with E-state index < -0.39 is 0 Å². The number of carbonyl (C=O) groups excluding carboxylic acids is 1. The quantitative estimate of drug-likeness (QED) is 0.948. The molecule has 18 heavy (non-hydrogen) atoms. The lowest BCUT2D eigenvalue weighted by molar-refractivity contribution is 0.0772. The second kappa shape index (κ2) is 5.27. The van der Waals surface area contributed by atoms with Crippen LogP contribution in [0.2, 0.25) is 0 Å². The Bertz CT molecular complexity index is 551. The fourth-order valence-electron chi connectivity index (χ4n) is 1.60. The number of halogens is 1. The number of phenolic OH excluding ortho intramolecular Hbond substituents is 1. The molecule has 2 rings (SSSR count). The number of furan rings is 1. The maximum atomic E-state index is 12.1. The van der Waals surface area contributed by atoms with E-state index in [9.17, 15) is 9.90 Å². The molecular formula is C13H12BrNO3. The van der Waals surface area contributed by atoms with Crippen LogP contribution in [0.15, 0.2) is 45.5 Å². The molecule has 94 valence electrons. The smallest absolute Gasteiger partial charge is 0.257 e. The van der Waals surface area contributed by atoms with Crippen molar-refractivity contribution in [3.63, 3.8) is 0 Å². The Hall–Kier alpha value is -1.75. The topological polar surface area (TPSA) is 53.7 Å². The first-order valence-corrected chi connectivity index (χ1v) is 6.13. The molecule has 1 amide bonds. The Morgan fingerprint density at radius 2 is 2.22 bits per heavy atom. The van der Waals surface area contributed by atoms with Gasteiger partial charge in [-0.05, 0) is 30.3 Å². The van der Waals surface area contributed by atoms with Crippen LogP contribution in [0.3, 0.4) is 0 Å². The molecule has 0 atom stereocenters. The number of carbonyl (C=O) groups is 1. The molecule has 0 saturated carbocycles. The molecule has 0 saturated heterocycles. The van der Waals surface area contributed by atoms with Crippen LogP contribution < -0.4 is 0 Å². The summed E-state index contributed by atoms with van der Waals surface area (Å²) in [7, 11) is 1.66. The Morgan fingerprint density at radius 1 is 1.44 bits per heavy atom. The minimum absolute atomic E-state index is 0.0410. The zero-order valence-corrected chi connectivity index (χ0v) is 11.3. The van der Waals surface area contributed by atoms with Crippen molar-refractivity contribution in [1.29, 1.82) is 0 Å². The molecule has 1 aromatic heterocycles. The van der Waals surface area contributed by atoms with Crippen LogP contribution in [0.1, 0.15) is 16.1 Å². The number of benzene rings is 1. The molecule has 0 unspecified atom stereocenters. The van der Waals surface area contributed by atoms with Crippen molar-refractivity contribution in [3.05, 3.63) is 52.4 Å². The molecule has 1 heterocycles. The number of hydrogen-bond acceptors (Lipinski definition) is 3. The summed E-state index contributed by atoms with van der Waals surface area (Å²) in [5, 5.41) is 9.74. The minimum Gasteiger partial charge on any atom is -0.507 e. The largest absolute Gasteiger partial charge is 0.507 e. The Labute approximate surface area is 113 Å². The van der Waals surface area contributed by atoms with E-state index in [1.165, 1.54) is 11.0 Å². The van der Waals surface area contributed by atoms with Crippen LogP contribution in [-0.4, -0.2) is 23.0 Å². The highest BCUT2D eigenvalue weighted by molar-refractivity contribution is 9.10. The van der Waals surface area contributed by atoms with Gasteiger partial charge >= 0.3 is 0 Å². The first-order chi connectivity index (χ1) is 8.58. The van der Waals surface area contributed by atoms with Gasteiger partial charge in [-0.3, -0.25) is 4.79 Å². The second-order valence-corrected chi connectivity index (χ2v) is 4.82. The number of hydrogen-bond donors (Lipinski definition) is 1. The average Bonchev–Trinajstić information content (AvgIpc) is 2.81. The molecule has 0 spiro atoms. The van der Waals surface area contributed by atoms with E-state index in [1.54, 1.807) is 37.6 Å². The maximum Gasteiger partial charge on any atom is 0.257 e. The Morgan fingerprint density at radius 3 is 2.83 bits per heavy atom. The summed E-state index contributed by atoms with van der Waals surface area (Å²) in [5.74, 6) is 0.402. The number of aromatic hydroxyl groups is 1. The molecule has 0 aliphatic carbocycles. The molecule has 2 aromatic rings. The van der Waals surface area contributed by atoms with E-state index in [4.69, 9.17) is 4.42 Å². The summed E-state index contributed by atoms with van der Waals surface area (Å²) in [5.41, 5.74) is 0.271. The summed E-state index contributed by atoms with van der Waals surface area (Å²) in [6.45, 7) is 0.362. The van der Waals surface area contributed by atoms with Gasteiger partial charge in [-0.2, -0.15) is 0 Å². The Kier molecular flexibility index (Phi) is 3.72. The average molecular weight is 310 g/mol. The lowest BCUT2D eigenvalue weighted by Gasteiger charge is -2.16. The predicted molar refractivity (Wildman–Crippen MR) is 70.3 cm³/mol. The van der Waals surface area contributed by atoms with E-state index in [2.05, 4.69) is 15.9 Å². The van der Waals surface area contributed by atoms with Crippen molar-refractivity contribution in [3.8, 4) is 5.75 Å². The lowest BCUT2D eigenvalue weighted by atomic mass is 10.2. The van der Waals surface area contributed by atoms with Crippen molar-refractivity contribution in [2.75, 3.05) is 7.05 Å². The van der Waals surface area contributed by atoms with Crippen LogP contribution in [0, 0.1) is 0 Å². The van der Waals surface area contributed by atoms with E-state index >= 15 is 0 Å². The third-order valence-electron chi connectivity index (χ3n) is 2.51. The molecule has 0 radical (unpaired) electrons. The SMILES string of the molecule is CN(Cc1ccco1)C(=O)c1ccc(Br)cc1O. The van der Waals surface area contributed by atoms with Crippen molar-refractivity contribution >= 4 is 21.8 Å². The summed E-state index contributed by atoms with van der Waals surface area (Å²) in [6.07, 6.45) is 1.56. The summed E-state index contributed by atoms with van der Waals surface area (Å²) in [4.78, 5) is 13.6. The highest BCUT2D eigenvalue weighted by Gasteiger charge is 2.16. The molecule has 4 nitrogen and oxygen atoms in total. The molecule has 0 aliphatic heterocycles. The number of amides is 1. The molecule has 0 bridgehead atoms. The van der Waals surface area contributed by atoms with Crippen molar-refractivity contribution in [2.24, 2.45) is 0 Å². The van der Waals surface area contributed by atoms with Gasteiger partial charge in [-0.25, -0.2) is 0 Å². The first-order valence-electron chi connectivity index (χ1n) is 5.34. The molecule has 0 fully saturated rings. The van der Waals surface area contributed by atoms with Gasteiger partial charge < -0.3 is 14.4 Å². The van der Waals surface area contributed by atoms with Gasteiger partial charge in [0.05, 0.1) is 18.4 Å². The number of rotatable bonds is 3. The molecule has 1 N–H and O–H groups in total. The van der Waals surface area contributed by atoms with Crippen LogP contribution in [0.25, 0.3) is 0 Å². The third-order valence-corrected chi connectivity index (χ3v) is 3.00. The van der Waals surface area contributed by atoms with Gasteiger partial charge in [0, 0.05) is 11.5 Å². The van der Waals surface area contributed by atoms with Gasteiger partial charge in [0.1, 0.15) is 11.5 Å². The van der Waals surface area contributed by atoms with Crippen molar-refractivity contribution in [2.45, 2.75) is 6.54 Å². The molecule has 0 aliphatic rings. The molecular weight excluding hydrogens is 298 g/mol. The van der Waals surface area contributed by atoms with Crippen molar-refractivity contribution < 1.29 is 14.3 Å². The standard InChI is InChI=1S/C13H12BrNO3/c1-15(8-10-3-2-6-18-10)13(17)11-5-4-9(14)7-12(11)16/h2-7,16H,8H2,1H3. The first kappa shape index (κ1) is 12.7. The van der Waals surface area contributed by atoms with Crippen LogP contribution in [-0.2, 0) is 6.54 Å². The van der Waals surface area contributed by atoms with Crippen molar-refractivity contribution in [1.82, 2.24) is 4.90 Å². The van der Waals surface area contributed by atoms with Crippen LogP contribution >= 0.6 is 15.9 Å². The predicted octanol–water partition coefficient (Wildman–Crippen LogP) is 3.02. The Balaban J connectivity index is 2.15.